The molecule has 0 saturated heterocycles. The van der Waals surface area contributed by atoms with Gasteiger partial charge in [-0.1, -0.05) is 12.1 Å². The Labute approximate surface area is 154 Å². The zero-order chi connectivity index (χ0) is 18.3. The molecule has 4 nitrogen and oxygen atoms in total. The van der Waals surface area contributed by atoms with Gasteiger partial charge in [0.2, 0.25) is 0 Å². The molecule has 2 aromatic heterocycles. The average Bonchev–Trinajstić information content (AvgIpc) is 2.94. The van der Waals surface area contributed by atoms with Crippen LogP contribution in [-0.2, 0) is 12.8 Å². The summed E-state index contributed by atoms with van der Waals surface area (Å²) in [6.45, 7) is 0. The van der Waals surface area contributed by atoms with Crippen LogP contribution < -0.4 is 10.3 Å². The number of rotatable bonds is 3. The maximum absolute atomic E-state index is 12.5. The van der Waals surface area contributed by atoms with Gasteiger partial charge in [0.25, 0.3) is 5.56 Å². The number of nitrogens with one attached hydrogen (secondary N) is 1. The number of fused-ring (bicyclic) bond motifs is 3. The fraction of sp³-hybridized carbons (Fsp3) is 0.294. The molecule has 0 atom stereocenters. The standard InChI is InChI=1S/C17H13F3N2O2S2/c18-17(19,20)24-10-5-3-9(4-6-10)8-12-21-14(23)13-11-2-1-7-25-16(11)26-15(13)22-12/h3-6H,1-2,7-8H2,(H,21,22,23). The number of benzene rings is 1. The first-order chi connectivity index (χ1) is 12.4. The summed E-state index contributed by atoms with van der Waals surface area (Å²) in [6.07, 6.45) is -2.44. The Balaban J connectivity index is 1.60. The van der Waals surface area contributed by atoms with Gasteiger partial charge in [0.05, 0.1) is 9.60 Å². The first-order valence-electron chi connectivity index (χ1n) is 7.91. The minimum Gasteiger partial charge on any atom is -0.406 e. The average molecular weight is 398 g/mol. The van der Waals surface area contributed by atoms with E-state index < -0.39 is 6.36 Å². The van der Waals surface area contributed by atoms with E-state index in [0.717, 1.165) is 38.8 Å². The summed E-state index contributed by atoms with van der Waals surface area (Å²) in [5.41, 5.74) is 1.68. The molecule has 1 N–H and O–H groups in total. The zero-order valence-electron chi connectivity index (χ0n) is 13.4. The van der Waals surface area contributed by atoms with Gasteiger partial charge in [-0.25, -0.2) is 4.98 Å². The molecular weight excluding hydrogens is 385 g/mol. The molecule has 3 heterocycles. The Morgan fingerprint density at radius 3 is 2.73 bits per heavy atom. The van der Waals surface area contributed by atoms with Crippen LogP contribution >= 0.6 is 23.1 Å². The number of nitrogens with zero attached hydrogens (tertiary/aromatic N) is 1. The Morgan fingerprint density at radius 1 is 1.23 bits per heavy atom. The fourth-order valence-electron chi connectivity index (χ4n) is 2.93. The molecule has 1 aromatic carbocycles. The predicted molar refractivity (Wildman–Crippen MR) is 95.2 cm³/mol. The van der Waals surface area contributed by atoms with Crippen LogP contribution in [-0.4, -0.2) is 22.1 Å². The summed E-state index contributed by atoms with van der Waals surface area (Å²) in [6, 6.07) is 5.56. The van der Waals surface area contributed by atoms with Crippen LogP contribution in [0.3, 0.4) is 0 Å². The lowest BCUT2D eigenvalue weighted by atomic mass is 10.1. The second-order valence-corrected chi connectivity index (χ2v) is 8.24. The van der Waals surface area contributed by atoms with Gasteiger partial charge < -0.3 is 9.72 Å². The lowest BCUT2D eigenvalue weighted by Crippen LogP contribution is -2.17. The highest BCUT2D eigenvalue weighted by Gasteiger charge is 2.31. The minimum absolute atomic E-state index is 0.151. The number of thiophene rings is 1. The maximum atomic E-state index is 12.5. The van der Waals surface area contributed by atoms with E-state index in [2.05, 4.69) is 14.7 Å². The quantitative estimate of drug-likeness (QED) is 0.705. The van der Waals surface area contributed by atoms with Gasteiger partial charge >= 0.3 is 6.36 Å². The lowest BCUT2D eigenvalue weighted by molar-refractivity contribution is -0.274. The topological polar surface area (TPSA) is 55.0 Å². The SMILES string of the molecule is O=c1[nH]c(Cc2ccc(OC(F)(F)F)cc2)nc2sc3c(c12)CCCS3. The van der Waals surface area contributed by atoms with Gasteiger partial charge in [-0.15, -0.1) is 36.3 Å². The highest BCUT2D eigenvalue weighted by Crippen LogP contribution is 2.40. The Morgan fingerprint density at radius 2 is 2.00 bits per heavy atom. The third-order valence-electron chi connectivity index (χ3n) is 4.01. The number of thioether (sulfide) groups is 1. The van der Waals surface area contributed by atoms with Crippen molar-refractivity contribution < 1.29 is 17.9 Å². The van der Waals surface area contributed by atoms with Gasteiger partial charge in [0, 0.05) is 6.42 Å². The maximum Gasteiger partial charge on any atom is 0.573 e. The van der Waals surface area contributed by atoms with Gasteiger partial charge in [0.1, 0.15) is 16.4 Å². The molecule has 1 aliphatic rings. The number of alkyl halides is 3. The van der Waals surface area contributed by atoms with Crippen molar-refractivity contribution in [2.24, 2.45) is 0 Å². The van der Waals surface area contributed by atoms with Gasteiger partial charge in [-0.2, -0.15) is 0 Å². The molecule has 9 heteroatoms. The number of hydrogen-bond donors (Lipinski definition) is 1. The molecular formula is C17H13F3N2O2S2. The highest BCUT2D eigenvalue weighted by atomic mass is 32.2. The van der Waals surface area contributed by atoms with Crippen molar-refractivity contribution in [3.8, 4) is 5.75 Å². The van der Waals surface area contributed by atoms with Crippen molar-refractivity contribution in [2.45, 2.75) is 29.8 Å². The van der Waals surface area contributed by atoms with Crippen LogP contribution in [0.2, 0.25) is 0 Å². The summed E-state index contributed by atoms with van der Waals surface area (Å²) in [5.74, 6) is 1.27. The molecule has 0 bridgehead atoms. The van der Waals surface area contributed by atoms with Gasteiger partial charge in [0.15, 0.2) is 0 Å². The normalized spacial score (nSPS) is 14.4. The molecule has 0 fully saturated rings. The fourth-order valence-corrected chi connectivity index (χ4v) is 5.48. The second-order valence-electron chi connectivity index (χ2n) is 5.88. The smallest absolute Gasteiger partial charge is 0.406 e. The second kappa shape index (κ2) is 6.62. The largest absolute Gasteiger partial charge is 0.573 e. The number of hydrogen-bond acceptors (Lipinski definition) is 5. The first kappa shape index (κ1) is 17.4. The number of aromatic amines is 1. The molecule has 3 aromatic rings. The van der Waals surface area contributed by atoms with Crippen molar-refractivity contribution in [1.82, 2.24) is 9.97 Å². The highest BCUT2D eigenvalue weighted by molar-refractivity contribution is 8.01. The third kappa shape index (κ3) is 3.59. The summed E-state index contributed by atoms with van der Waals surface area (Å²) < 4.78 is 41.6. The van der Waals surface area contributed by atoms with E-state index in [1.807, 2.05) is 0 Å². The summed E-state index contributed by atoms with van der Waals surface area (Å²) in [5, 5.41) is 0.676. The van der Waals surface area contributed by atoms with Crippen molar-refractivity contribution >= 4 is 33.3 Å². The van der Waals surface area contributed by atoms with E-state index in [-0.39, 0.29) is 11.3 Å². The molecule has 136 valence electrons. The predicted octanol–water partition coefficient (Wildman–Crippen LogP) is 4.51. The molecule has 0 spiro atoms. The van der Waals surface area contributed by atoms with Crippen molar-refractivity contribution in [1.29, 1.82) is 0 Å². The molecule has 26 heavy (non-hydrogen) atoms. The van der Waals surface area contributed by atoms with E-state index in [9.17, 15) is 18.0 Å². The molecule has 0 aliphatic carbocycles. The number of aromatic nitrogens is 2. The molecule has 0 unspecified atom stereocenters. The van der Waals surface area contributed by atoms with Gasteiger partial charge in [-0.3, -0.25) is 4.79 Å². The number of aryl methyl sites for hydroxylation is 1. The molecule has 0 amide bonds. The van der Waals surface area contributed by atoms with Crippen molar-refractivity contribution in [3.63, 3.8) is 0 Å². The van der Waals surface area contributed by atoms with Gasteiger partial charge in [-0.05, 0) is 41.9 Å². The summed E-state index contributed by atoms with van der Waals surface area (Å²) in [7, 11) is 0. The Kier molecular flexibility index (Phi) is 4.44. The number of H-pyrrole nitrogens is 1. The summed E-state index contributed by atoms with van der Waals surface area (Å²) in [4.78, 5) is 20.6. The third-order valence-corrected chi connectivity index (χ3v) is 6.53. The minimum atomic E-state index is -4.71. The van der Waals surface area contributed by atoms with Crippen LogP contribution in [0.15, 0.2) is 33.3 Å². The van der Waals surface area contributed by atoms with Crippen LogP contribution in [0, 0.1) is 0 Å². The summed E-state index contributed by atoms with van der Waals surface area (Å²) >= 11 is 3.29. The van der Waals surface area contributed by atoms with Crippen LogP contribution in [0.5, 0.6) is 5.75 Å². The lowest BCUT2D eigenvalue weighted by Gasteiger charge is -2.09. The van der Waals surface area contributed by atoms with E-state index in [4.69, 9.17) is 0 Å². The van der Waals surface area contributed by atoms with E-state index in [1.54, 1.807) is 11.8 Å². The number of halogens is 3. The van der Waals surface area contributed by atoms with Crippen LogP contribution in [0.4, 0.5) is 13.2 Å². The zero-order valence-corrected chi connectivity index (χ0v) is 15.0. The number of ether oxygens (including phenoxy) is 1. The molecule has 0 radical (unpaired) electrons. The van der Waals surface area contributed by atoms with Crippen LogP contribution in [0.25, 0.3) is 10.2 Å². The van der Waals surface area contributed by atoms with E-state index in [1.165, 1.54) is 35.6 Å². The van der Waals surface area contributed by atoms with Crippen molar-refractivity contribution in [2.75, 3.05) is 5.75 Å². The first-order valence-corrected chi connectivity index (χ1v) is 9.71. The Bertz CT molecular complexity index is 1010. The molecule has 0 saturated carbocycles. The van der Waals surface area contributed by atoms with Crippen molar-refractivity contribution in [3.05, 3.63) is 51.6 Å². The van der Waals surface area contributed by atoms with Crippen LogP contribution in [0.1, 0.15) is 23.4 Å². The molecule has 4 rings (SSSR count). The Hall–Kier alpha value is -2.00. The van der Waals surface area contributed by atoms with E-state index in [0.29, 0.717) is 17.6 Å². The van der Waals surface area contributed by atoms with E-state index >= 15 is 0 Å². The monoisotopic (exact) mass is 398 g/mol. The molecule has 1 aliphatic heterocycles.